The number of para-hydroxylation sites is 1. The van der Waals surface area contributed by atoms with Gasteiger partial charge in [-0.2, -0.15) is 20.3 Å². The molecule has 0 bridgehead atoms. The SMILES string of the molecule is CC[C@H](Nc1nc(N)nc(N)c1Cl)c1nc2c(C#N)cccc2c(=O)n1-c1ccn[nH]1. The Kier molecular flexibility index (Phi) is 5.14. The maximum absolute atomic E-state index is 13.4. The number of hydrogen-bond acceptors (Lipinski definition) is 9. The number of anilines is 3. The van der Waals surface area contributed by atoms with Crippen molar-refractivity contribution >= 4 is 40.1 Å². The fourth-order valence-electron chi connectivity index (χ4n) is 3.25. The zero-order chi connectivity index (χ0) is 22.1. The molecule has 0 saturated heterocycles. The molecule has 6 N–H and O–H groups in total. The van der Waals surface area contributed by atoms with Gasteiger partial charge in [0.15, 0.2) is 5.82 Å². The summed E-state index contributed by atoms with van der Waals surface area (Å²) in [5, 5.41) is 19.8. The van der Waals surface area contributed by atoms with Gasteiger partial charge in [0, 0.05) is 6.07 Å². The van der Waals surface area contributed by atoms with E-state index >= 15 is 0 Å². The fraction of sp³-hybridized carbons (Fsp3) is 0.158. The molecule has 12 heteroatoms. The number of nitrogens with zero attached hydrogens (tertiary/aromatic N) is 6. The van der Waals surface area contributed by atoms with E-state index in [1.165, 1.54) is 10.8 Å². The molecular weight excluding hydrogens is 420 g/mol. The van der Waals surface area contributed by atoms with Gasteiger partial charge < -0.3 is 16.8 Å². The minimum absolute atomic E-state index is 0.0238. The van der Waals surface area contributed by atoms with E-state index in [0.717, 1.165) is 0 Å². The van der Waals surface area contributed by atoms with E-state index in [0.29, 0.717) is 29.0 Å². The predicted molar refractivity (Wildman–Crippen MR) is 117 cm³/mol. The first-order valence-corrected chi connectivity index (χ1v) is 9.63. The van der Waals surface area contributed by atoms with Crippen molar-refractivity contribution in [2.24, 2.45) is 0 Å². The Morgan fingerprint density at radius 3 is 2.77 bits per heavy atom. The Hall–Kier alpha value is -4.17. The first-order chi connectivity index (χ1) is 14.9. The van der Waals surface area contributed by atoms with Crippen LogP contribution in [0.15, 0.2) is 35.3 Å². The highest BCUT2D eigenvalue weighted by molar-refractivity contribution is 6.35. The van der Waals surface area contributed by atoms with Crippen LogP contribution in [0.3, 0.4) is 0 Å². The van der Waals surface area contributed by atoms with E-state index in [1.807, 2.05) is 6.92 Å². The molecule has 3 aromatic heterocycles. The summed E-state index contributed by atoms with van der Waals surface area (Å²) in [5.74, 6) is 0.931. The van der Waals surface area contributed by atoms with E-state index in [1.54, 1.807) is 24.3 Å². The number of aromatic nitrogens is 6. The minimum atomic E-state index is -0.543. The van der Waals surface area contributed by atoms with Gasteiger partial charge >= 0.3 is 0 Å². The third kappa shape index (κ3) is 3.49. The summed E-state index contributed by atoms with van der Waals surface area (Å²) in [6.07, 6.45) is 2.01. The van der Waals surface area contributed by atoms with Crippen molar-refractivity contribution in [3.05, 3.63) is 57.2 Å². The van der Waals surface area contributed by atoms with Crippen LogP contribution in [0.2, 0.25) is 5.02 Å². The number of hydrogen-bond donors (Lipinski definition) is 4. The average molecular weight is 437 g/mol. The molecule has 31 heavy (non-hydrogen) atoms. The lowest BCUT2D eigenvalue weighted by Crippen LogP contribution is -2.29. The molecular formula is C19H17ClN10O. The van der Waals surface area contributed by atoms with E-state index in [2.05, 4.69) is 36.5 Å². The molecule has 0 spiro atoms. The summed E-state index contributed by atoms with van der Waals surface area (Å²) >= 11 is 6.25. The van der Waals surface area contributed by atoms with Gasteiger partial charge in [-0.15, -0.1) is 0 Å². The summed E-state index contributed by atoms with van der Waals surface area (Å²) in [7, 11) is 0. The lowest BCUT2D eigenvalue weighted by Gasteiger charge is -2.22. The summed E-state index contributed by atoms with van der Waals surface area (Å²) in [6, 6.07) is 8.06. The zero-order valence-electron chi connectivity index (χ0n) is 16.3. The van der Waals surface area contributed by atoms with Gasteiger partial charge in [-0.3, -0.25) is 9.89 Å². The maximum atomic E-state index is 13.4. The third-order valence-electron chi connectivity index (χ3n) is 4.70. The van der Waals surface area contributed by atoms with Crippen molar-refractivity contribution in [2.75, 3.05) is 16.8 Å². The van der Waals surface area contributed by atoms with Crippen LogP contribution in [-0.2, 0) is 0 Å². The predicted octanol–water partition coefficient (Wildman–Crippen LogP) is 2.15. The maximum Gasteiger partial charge on any atom is 0.267 e. The largest absolute Gasteiger partial charge is 0.382 e. The summed E-state index contributed by atoms with van der Waals surface area (Å²) < 4.78 is 1.40. The zero-order valence-corrected chi connectivity index (χ0v) is 17.1. The van der Waals surface area contributed by atoms with Gasteiger partial charge in [0.25, 0.3) is 5.56 Å². The number of rotatable bonds is 5. The Bertz CT molecular complexity index is 1370. The van der Waals surface area contributed by atoms with Crippen LogP contribution in [0.1, 0.15) is 30.8 Å². The van der Waals surface area contributed by atoms with Crippen molar-refractivity contribution in [1.82, 2.24) is 29.7 Å². The Morgan fingerprint density at radius 1 is 1.29 bits per heavy atom. The van der Waals surface area contributed by atoms with Crippen molar-refractivity contribution in [2.45, 2.75) is 19.4 Å². The van der Waals surface area contributed by atoms with Crippen LogP contribution in [0.4, 0.5) is 17.6 Å². The van der Waals surface area contributed by atoms with Crippen LogP contribution in [-0.4, -0.2) is 29.7 Å². The Morgan fingerprint density at radius 2 is 2.10 bits per heavy atom. The minimum Gasteiger partial charge on any atom is -0.382 e. The normalized spacial score (nSPS) is 11.9. The van der Waals surface area contributed by atoms with E-state index < -0.39 is 6.04 Å². The number of nitriles is 1. The van der Waals surface area contributed by atoms with Crippen molar-refractivity contribution < 1.29 is 0 Å². The Balaban J connectivity index is 1.97. The number of aromatic amines is 1. The number of nitrogen functional groups attached to an aromatic ring is 2. The van der Waals surface area contributed by atoms with Crippen LogP contribution in [0.5, 0.6) is 0 Å². The number of nitrogens with two attached hydrogens (primary N) is 2. The fourth-order valence-corrected chi connectivity index (χ4v) is 3.39. The molecule has 156 valence electrons. The van der Waals surface area contributed by atoms with Gasteiger partial charge in [-0.05, 0) is 18.6 Å². The van der Waals surface area contributed by atoms with Gasteiger partial charge in [0.05, 0.1) is 28.7 Å². The lowest BCUT2D eigenvalue weighted by atomic mass is 10.1. The number of halogens is 1. The molecule has 0 aliphatic heterocycles. The summed E-state index contributed by atoms with van der Waals surface area (Å²) in [4.78, 5) is 26.0. The van der Waals surface area contributed by atoms with Crippen LogP contribution in [0.25, 0.3) is 16.7 Å². The van der Waals surface area contributed by atoms with E-state index in [9.17, 15) is 10.1 Å². The summed E-state index contributed by atoms with van der Waals surface area (Å²) in [6.45, 7) is 1.89. The molecule has 4 rings (SSSR count). The van der Waals surface area contributed by atoms with E-state index in [-0.39, 0.29) is 33.7 Å². The monoisotopic (exact) mass is 436 g/mol. The number of H-pyrrole nitrogens is 1. The van der Waals surface area contributed by atoms with Crippen molar-refractivity contribution in [3.63, 3.8) is 0 Å². The molecule has 0 saturated carbocycles. The second kappa shape index (κ2) is 7.92. The molecule has 11 nitrogen and oxygen atoms in total. The van der Waals surface area contributed by atoms with Crippen molar-refractivity contribution in [3.8, 4) is 11.9 Å². The first kappa shape index (κ1) is 20.1. The van der Waals surface area contributed by atoms with Crippen molar-refractivity contribution in [1.29, 1.82) is 5.26 Å². The highest BCUT2D eigenvalue weighted by atomic mass is 35.5. The smallest absolute Gasteiger partial charge is 0.267 e. The highest BCUT2D eigenvalue weighted by Gasteiger charge is 2.23. The van der Waals surface area contributed by atoms with Gasteiger partial charge in [-0.1, -0.05) is 24.6 Å². The second-order valence-electron chi connectivity index (χ2n) is 6.60. The van der Waals surface area contributed by atoms with Gasteiger partial charge in [0.1, 0.15) is 28.6 Å². The quantitative estimate of drug-likeness (QED) is 0.364. The van der Waals surface area contributed by atoms with Crippen LogP contribution in [0, 0.1) is 11.3 Å². The number of fused-ring (bicyclic) bond motifs is 1. The Labute approximate surface area is 180 Å². The molecule has 0 aliphatic carbocycles. The molecule has 0 unspecified atom stereocenters. The second-order valence-corrected chi connectivity index (χ2v) is 6.98. The molecule has 1 aromatic carbocycles. The molecule has 0 radical (unpaired) electrons. The molecule has 1 atom stereocenters. The number of benzene rings is 1. The van der Waals surface area contributed by atoms with Gasteiger partial charge in [0.2, 0.25) is 5.95 Å². The average Bonchev–Trinajstić information content (AvgIpc) is 3.29. The van der Waals surface area contributed by atoms with Crippen LogP contribution >= 0.6 is 11.6 Å². The lowest BCUT2D eigenvalue weighted by molar-refractivity contribution is 0.653. The molecule has 0 aliphatic rings. The molecule has 3 heterocycles. The molecule has 0 amide bonds. The highest BCUT2D eigenvalue weighted by Crippen LogP contribution is 2.30. The van der Waals surface area contributed by atoms with Gasteiger partial charge in [-0.25, -0.2) is 9.55 Å². The van der Waals surface area contributed by atoms with E-state index in [4.69, 9.17) is 23.1 Å². The number of nitrogens with one attached hydrogen (secondary N) is 2. The summed E-state index contributed by atoms with van der Waals surface area (Å²) in [5.41, 5.74) is 11.7. The topological polar surface area (TPSA) is 177 Å². The first-order valence-electron chi connectivity index (χ1n) is 9.25. The van der Waals surface area contributed by atoms with Crippen LogP contribution < -0.4 is 22.3 Å². The molecule has 4 aromatic rings. The molecule has 0 fully saturated rings. The third-order valence-corrected chi connectivity index (χ3v) is 5.07. The standard InChI is InChI=1S/C19H17ClN10O/c1-2-11(25-16-13(20)15(22)27-19(23)28-16)17-26-14-9(8-21)4-3-5-10(14)18(31)30(17)12-6-7-24-29-12/h3-7,11H,2H2,1H3,(H,24,29)(H5,22,23,25,27,28)/t11-/m0/s1.